The van der Waals surface area contributed by atoms with Crippen molar-refractivity contribution in [2.75, 3.05) is 0 Å². The maximum atomic E-state index is 12.3. The fourth-order valence-electron chi connectivity index (χ4n) is 3.36. The van der Waals surface area contributed by atoms with Crippen molar-refractivity contribution in [1.82, 2.24) is 9.99 Å². The van der Waals surface area contributed by atoms with Crippen LogP contribution >= 0.6 is 0 Å². The Hall–Kier alpha value is -3.62. The third-order valence-corrected chi connectivity index (χ3v) is 4.61. The van der Waals surface area contributed by atoms with Crippen LogP contribution in [-0.4, -0.2) is 10.5 Å². The number of nitriles is 1. The molecule has 26 heavy (non-hydrogen) atoms. The summed E-state index contributed by atoms with van der Waals surface area (Å²) in [4.78, 5) is 12.3. The molecule has 0 atom stereocenters. The van der Waals surface area contributed by atoms with Gasteiger partial charge >= 0.3 is 0 Å². The van der Waals surface area contributed by atoms with E-state index in [1.807, 2.05) is 34.9 Å². The van der Waals surface area contributed by atoms with Crippen molar-refractivity contribution >= 4 is 27.6 Å². The maximum absolute atomic E-state index is 12.3. The minimum Gasteiger partial charge on any atom is -0.332 e. The number of hydrazine groups is 1. The SMILES string of the molecule is N#Cc1ccc2cc(C(=O)NN)n(Cc3cccc4ccccc34)c2c1. The fraction of sp³-hybridized carbons (Fsp3) is 0.0476. The molecular formula is C21H16N4O. The zero-order valence-electron chi connectivity index (χ0n) is 13.9. The zero-order valence-corrected chi connectivity index (χ0v) is 13.9. The van der Waals surface area contributed by atoms with Crippen LogP contribution in [-0.2, 0) is 6.54 Å². The molecule has 0 aliphatic heterocycles. The lowest BCUT2D eigenvalue weighted by molar-refractivity contribution is 0.0945. The van der Waals surface area contributed by atoms with E-state index in [4.69, 9.17) is 5.84 Å². The molecule has 3 N–H and O–H groups in total. The van der Waals surface area contributed by atoms with E-state index in [-0.39, 0.29) is 5.91 Å². The van der Waals surface area contributed by atoms with E-state index in [9.17, 15) is 10.1 Å². The number of hydrogen-bond acceptors (Lipinski definition) is 3. The smallest absolute Gasteiger partial charge is 0.281 e. The molecule has 0 radical (unpaired) electrons. The Morgan fingerprint density at radius 3 is 2.65 bits per heavy atom. The van der Waals surface area contributed by atoms with Crippen LogP contribution in [0.4, 0.5) is 0 Å². The quantitative estimate of drug-likeness (QED) is 0.341. The van der Waals surface area contributed by atoms with Gasteiger partial charge in [-0.2, -0.15) is 5.26 Å². The molecular weight excluding hydrogens is 324 g/mol. The third kappa shape index (κ3) is 2.59. The van der Waals surface area contributed by atoms with Gasteiger partial charge in [0, 0.05) is 11.9 Å². The van der Waals surface area contributed by atoms with Crippen LogP contribution in [0.2, 0.25) is 0 Å². The van der Waals surface area contributed by atoms with Crippen LogP contribution in [0.3, 0.4) is 0 Å². The Balaban J connectivity index is 1.94. The molecule has 1 amide bonds. The van der Waals surface area contributed by atoms with Gasteiger partial charge in [0.2, 0.25) is 0 Å². The van der Waals surface area contributed by atoms with Gasteiger partial charge in [-0.05, 0) is 34.5 Å². The Morgan fingerprint density at radius 1 is 1.04 bits per heavy atom. The number of fused-ring (bicyclic) bond motifs is 2. The Morgan fingerprint density at radius 2 is 1.85 bits per heavy atom. The van der Waals surface area contributed by atoms with Crippen molar-refractivity contribution < 1.29 is 4.79 Å². The summed E-state index contributed by atoms with van der Waals surface area (Å²) in [6.07, 6.45) is 0. The van der Waals surface area contributed by atoms with Crippen LogP contribution in [0, 0.1) is 11.3 Å². The molecule has 5 nitrogen and oxygen atoms in total. The molecule has 0 saturated carbocycles. The molecule has 126 valence electrons. The molecule has 0 aliphatic carbocycles. The molecule has 0 bridgehead atoms. The first kappa shape index (κ1) is 15.9. The third-order valence-electron chi connectivity index (χ3n) is 4.61. The number of carbonyl (C=O) groups is 1. The van der Waals surface area contributed by atoms with E-state index in [1.54, 1.807) is 18.2 Å². The fourth-order valence-corrected chi connectivity index (χ4v) is 3.36. The average Bonchev–Trinajstić information content (AvgIpc) is 3.05. The summed E-state index contributed by atoms with van der Waals surface area (Å²) >= 11 is 0. The number of rotatable bonds is 3. The summed E-state index contributed by atoms with van der Waals surface area (Å²) in [7, 11) is 0. The molecule has 0 aliphatic rings. The van der Waals surface area contributed by atoms with E-state index in [1.165, 1.54) is 0 Å². The number of benzene rings is 3. The van der Waals surface area contributed by atoms with Gasteiger partial charge in [-0.15, -0.1) is 0 Å². The summed E-state index contributed by atoms with van der Waals surface area (Å²) in [5.41, 5.74) is 5.14. The largest absolute Gasteiger partial charge is 0.332 e. The number of hydrogen-bond donors (Lipinski definition) is 2. The van der Waals surface area contributed by atoms with Gasteiger partial charge in [0.25, 0.3) is 5.91 Å². The summed E-state index contributed by atoms with van der Waals surface area (Å²) in [6.45, 7) is 0.502. The van der Waals surface area contributed by atoms with Gasteiger partial charge in [-0.25, -0.2) is 5.84 Å². The first-order chi connectivity index (χ1) is 12.7. The lowest BCUT2D eigenvalue weighted by Gasteiger charge is -2.12. The first-order valence-corrected chi connectivity index (χ1v) is 8.22. The Bertz CT molecular complexity index is 1180. The monoisotopic (exact) mass is 340 g/mol. The van der Waals surface area contributed by atoms with Crippen LogP contribution < -0.4 is 11.3 Å². The molecule has 4 aromatic rings. The summed E-state index contributed by atoms with van der Waals surface area (Å²) < 4.78 is 1.90. The van der Waals surface area contributed by atoms with Gasteiger partial charge in [-0.1, -0.05) is 48.5 Å². The zero-order chi connectivity index (χ0) is 18.1. The average molecular weight is 340 g/mol. The van der Waals surface area contributed by atoms with Crippen molar-refractivity contribution in [2.45, 2.75) is 6.54 Å². The molecule has 4 rings (SSSR count). The number of nitrogen functional groups attached to an aromatic ring is 1. The highest BCUT2D eigenvalue weighted by atomic mass is 16.2. The molecule has 1 aromatic heterocycles. The van der Waals surface area contributed by atoms with Crippen molar-refractivity contribution in [1.29, 1.82) is 5.26 Å². The Kier molecular flexibility index (Phi) is 3.88. The first-order valence-electron chi connectivity index (χ1n) is 8.22. The van der Waals surface area contributed by atoms with E-state index < -0.39 is 0 Å². The van der Waals surface area contributed by atoms with Crippen molar-refractivity contribution in [3.05, 3.63) is 83.6 Å². The maximum Gasteiger partial charge on any atom is 0.281 e. The van der Waals surface area contributed by atoms with Crippen LogP contribution in [0.5, 0.6) is 0 Å². The highest BCUT2D eigenvalue weighted by molar-refractivity contribution is 5.99. The number of nitrogens with two attached hydrogens (primary N) is 1. The van der Waals surface area contributed by atoms with Crippen LogP contribution in [0.15, 0.2) is 66.7 Å². The number of amides is 1. The number of nitrogens with zero attached hydrogens (tertiary/aromatic N) is 2. The van der Waals surface area contributed by atoms with Gasteiger partial charge in [0.1, 0.15) is 5.69 Å². The summed E-state index contributed by atoms with van der Waals surface area (Å²) in [6, 6.07) is 23.6. The standard InChI is InChI=1S/C21H16N4O/c22-12-14-8-9-16-11-20(21(26)24-23)25(19(16)10-14)13-17-6-3-5-15-4-1-2-7-18(15)17/h1-11H,13,23H2,(H,24,26). The Labute approximate surface area is 150 Å². The lowest BCUT2D eigenvalue weighted by atomic mass is 10.0. The number of carbonyl (C=O) groups excluding carboxylic acids is 1. The second-order valence-electron chi connectivity index (χ2n) is 6.11. The molecule has 0 unspecified atom stereocenters. The molecule has 1 heterocycles. The van der Waals surface area contributed by atoms with Crippen molar-refractivity contribution in [2.24, 2.45) is 5.84 Å². The molecule has 0 fully saturated rings. The second-order valence-corrected chi connectivity index (χ2v) is 6.11. The number of aromatic nitrogens is 1. The second kappa shape index (κ2) is 6.36. The normalized spacial score (nSPS) is 10.8. The lowest BCUT2D eigenvalue weighted by Crippen LogP contribution is -2.31. The predicted octanol–water partition coefficient (Wildman–Crippen LogP) is 3.32. The minimum atomic E-state index is -0.361. The molecule has 0 saturated heterocycles. The summed E-state index contributed by atoms with van der Waals surface area (Å²) in [5, 5.41) is 12.4. The van der Waals surface area contributed by atoms with Gasteiger partial charge in [-0.3, -0.25) is 10.2 Å². The minimum absolute atomic E-state index is 0.361. The number of nitrogens with one attached hydrogen (secondary N) is 1. The van der Waals surface area contributed by atoms with E-state index in [0.717, 1.165) is 27.2 Å². The van der Waals surface area contributed by atoms with Gasteiger partial charge in [0.05, 0.1) is 17.1 Å². The van der Waals surface area contributed by atoms with E-state index >= 15 is 0 Å². The predicted molar refractivity (Wildman–Crippen MR) is 101 cm³/mol. The van der Waals surface area contributed by atoms with Crippen LogP contribution in [0.25, 0.3) is 21.7 Å². The van der Waals surface area contributed by atoms with Crippen LogP contribution in [0.1, 0.15) is 21.6 Å². The molecule has 5 heteroatoms. The highest BCUT2D eigenvalue weighted by Crippen LogP contribution is 2.25. The van der Waals surface area contributed by atoms with E-state index in [2.05, 4.69) is 29.7 Å². The highest BCUT2D eigenvalue weighted by Gasteiger charge is 2.16. The topological polar surface area (TPSA) is 83.8 Å². The van der Waals surface area contributed by atoms with Crippen molar-refractivity contribution in [3.63, 3.8) is 0 Å². The molecule has 3 aromatic carbocycles. The molecule has 0 spiro atoms. The van der Waals surface area contributed by atoms with Crippen molar-refractivity contribution in [3.8, 4) is 6.07 Å². The van der Waals surface area contributed by atoms with E-state index in [0.29, 0.717) is 17.8 Å². The van der Waals surface area contributed by atoms with Gasteiger partial charge < -0.3 is 4.57 Å². The van der Waals surface area contributed by atoms with Gasteiger partial charge in [0.15, 0.2) is 0 Å². The summed E-state index contributed by atoms with van der Waals surface area (Å²) in [5.74, 6) is 5.01.